The Hall–Kier alpha value is -4.20. The van der Waals surface area contributed by atoms with E-state index in [0.29, 0.717) is 42.7 Å². The summed E-state index contributed by atoms with van der Waals surface area (Å²) in [5.74, 6) is -0.965. The predicted molar refractivity (Wildman–Crippen MR) is 178 cm³/mol. The molecule has 2 aromatic heterocycles. The van der Waals surface area contributed by atoms with Crippen LogP contribution in [0.4, 0.5) is 10.6 Å². The first-order valence-electron chi connectivity index (χ1n) is 16.0. The number of ether oxygens (including phenoxy) is 1. The summed E-state index contributed by atoms with van der Waals surface area (Å²) in [5.41, 5.74) is 1.81. The van der Waals surface area contributed by atoms with Crippen molar-refractivity contribution in [2.45, 2.75) is 83.5 Å². The van der Waals surface area contributed by atoms with Crippen molar-refractivity contribution < 1.29 is 27.5 Å². The van der Waals surface area contributed by atoms with E-state index < -0.39 is 44.8 Å². The van der Waals surface area contributed by atoms with Gasteiger partial charge in [-0.15, -0.1) is 0 Å². The third kappa shape index (κ3) is 7.37. The smallest absolute Gasteiger partial charge is 0.407 e. The normalized spacial score (nSPS) is 20.1. The standard InChI is InChI=1S/C33H45N7O6S/c1-8-26(38(6)30(42)33(36-28(41)20-47(7,44)45)15-13-22-11-9-10-12-24(22)33)25-17-27-35-29(21(2)18-40(27)37-25)39-16-14-23(19-39)34-31(43)46-32(3,4)5/h9-12,17-18,23,26H,8,13-16,19-20H2,1-7H3,(H,34,43)(H,36,41)/t23-,26-,33?/m0/s1. The lowest BCUT2D eigenvalue weighted by molar-refractivity contribution is -0.143. The molecule has 14 heteroatoms. The fraction of sp³-hybridized carbons (Fsp3) is 0.545. The number of sulfone groups is 1. The summed E-state index contributed by atoms with van der Waals surface area (Å²) in [6, 6.07) is 8.79. The summed E-state index contributed by atoms with van der Waals surface area (Å²) in [6.07, 6.45) is 4.64. The molecule has 2 aliphatic rings. The maximum Gasteiger partial charge on any atom is 0.407 e. The highest BCUT2D eigenvalue weighted by molar-refractivity contribution is 7.91. The maximum atomic E-state index is 14.5. The first kappa shape index (κ1) is 34.1. The number of fused-ring (bicyclic) bond motifs is 2. The van der Waals surface area contributed by atoms with E-state index in [0.717, 1.165) is 36.2 Å². The van der Waals surface area contributed by atoms with Gasteiger partial charge in [-0.2, -0.15) is 5.10 Å². The van der Waals surface area contributed by atoms with E-state index in [2.05, 4.69) is 15.5 Å². The van der Waals surface area contributed by atoms with Crippen LogP contribution in [0.2, 0.25) is 0 Å². The average molecular weight is 668 g/mol. The number of rotatable bonds is 9. The number of hydrogen-bond donors (Lipinski definition) is 2. The molecule has 1 saturated heterocycles. The molecule has 3 aromatic rings. The molecule has 1 aliphatic carbocycles. The number of aryl methyl sites for hydroxylation is 2. The predicted octanol–water partition coefficient (Wildman–Crippen LogP) is 3.05. The van der Waals surface area contributed by atoms with E-state index in [1.165, 1.54) is 0 Å². The van der Waals surface area contributed by atoms with Gasteiger partial charge in [-0.05, 0) is 64.5 Å². The summed E-state index contributed by atoms with van der Waals surface area (Å²) >= 11 is 0. The molecule has 0 radical (unpaired) electrons. The number of hydrogen-bond acceptors (Lipinski definition) is 9. The van der Waals surface area contributed by atoms with Gasteiger partial charge in [-0.1, -0.05) is 31.2 Å². The molecule has 1 unspecified atom stereocenters. The van der Waals surface area contributed by atoms with Crippen molar-refractivity contribution in [2.75, 3.05) is 37.0 Å². The van der Waals surface area contributed by atoms with Gasteiger partial charge in [0, 0.05) is 44.2 Å². The zero-order valence-electron chi connectivity index (χ0n) is 28.2. The van der Waals surface area contributed by atoms with Gasteiger partial charge >= 0.3 is 6.09 Å². The Morgan fingerprint density at radius 3 is 2.62 bits per heavy atom. The quantitative estimate of drug-likeness (QED) is 0.350. The first-order valence-corrected chi connectivity index (χ1v) is 18.0. The molecular weight excluding hydrogens is 622 g/mol. The van der Waals surface area contributed by atoms with Crippen molar-refractivity contribution in [1.82, 2.24) is 30.1 Å². The lowest BCUT2D eigenvalue weighted by Crippen LogP contribution is -2.57. The first-order chi connectivity index (χ1) is 22.0. The monoisotopic (exact) mass is 667 g/mol. The number of anilines is 1. The molecule has 2 N–H and O–H groups in total. The Balaban J connectivity index is 1.39. The number of carbonyl (C=O) groups excluding carboxylic acids is 3. The molecule has 1 fully saturated rings. The van der Waals surface area contributed by atoms with E-state index in [1.807, 2.05) is 71.1 Å². The number of nitrogens with zero attached hydrogens (tertiary/aromatic N) is 5. The van der Waals surface area contributed by atoms with Crippen LogP contribution < -0.4 is 15.5 Å². The fourth-order valence-electron chi connectivity index (χ4n) is 6.70. The summed E-state index contributed by atoms with van der Waals surface area (Å²) in [7, 11) is -1.91. The van der Waals surface area contributed by atoms with E-state index >= 15 is 0 Å². The molecule has 0 saturated carbocycles. The number of likely N-dealkylation sites (N-methyl/N-ethyl adjacent to an activating group) is 1. The minimum absolute atomic E-state index is 0.0714. The molecule has 3 atom stereocenters. The zero-order chi connectivity index (χ0) is 34.3. The highest BCUT2D eigenvalue weighted by Crippen LogP contribution is 2.40. The minimum Gasteiger partial charge on any atom is -0.444 e. The number of benzene rings is 1. The maximum absolute atomic E-state index is 14.5. The average Bonchev–Trinajstić information content (AvgIpc) is 3.68. The molecule has 0 bridgehead atoms. The van der Waals surface area contributed by atoms with Crippen LogP contribution in [-0.2, 0) is 36.1 Å². The highest BCUT2D eigenvalue weighted by Gasteiger charge is 2.49. The molecule has 47 heavy (non-hydrogen) atoms. The van der Waals surface area contributed by atoms with Crippen LogP contribution in [0.1, 0.15) is 75.4 Å². The molecular formula is C33H45N7O6S. The van der Waals surface area contributed by atoms with Gasteiger partial charge in [0.2, 0.25) is 5.91 Å². The van der Waals surface area contributed by atoms with Crippen LogP contribution in [0.25, 0.3) is 5.65 Å². The number of carbonyl (C=O) groups is 3. The van der Waals surface area contributed by atoms with Crippen LogP contribution in [0.15, 0.2) is 36.5 Å². The molecule has 3 heterocycles. The van der Waals surface area contributed by atoms with E-state index in [1.54, 1.807) is 16.5 Å². The van der Waals surface area contributed by atoms with E-state index in [-0.39, 0.29) is 11.9 Å². The second kappa shape index (κ2) is 12.8. The van der Waals surface area contributed by atoms with E-state index in [9.17, 15) is 22.8 Å². The van der Waals surface area contributed by atoms with Gasteiger partial charge in [-0.25, -0.2) is 22.7 Å². The third-order valence-corrected chi connectivity index (χ3v) is 9.49. The van der Waals surface area contributed by atoms with Crippen LogP contribution in [0, 0.1) is 6.92 Å². The molecule has 0 spiro atoms. The van der Waals surface area contributed by atoms with Crippen molar-refractivity contribution in [3.8, 4) is 0 Å². The van der Waals surface area contributed by atoms with Gasteiger partial charge in [0.25, 0.3) is 5.91 Å². The molecule has 13 nitrogen and oxygen atoms in total. The summed E-state index contributed by atoms with van der Waals surface area (Å²) < 4.78 is 31.0. The second-order valence-electron chi connectivity index (χ2n) is 13.7. The number of nitrogens with one attached hydrogen (secondary N) is 2. The highest BCUT2D eigenvalue weighted by atomic mass is 32.2. The van der Waals surface area contributed by atoms with Gasteiger partial charge < -0.3 is 25.2 Å². The van der Waals surface area contributed by atoms with Crippen LogP contribution in [0.5, 0.6) is 0 Å². The summed E-state index contributed by atoms with van der Waals surface area (Å²) in [4.78, 5) is 48.4. The Labute approximate surface area is 276 Å². The van der Waals surface area contributed by atoms with Crippen LogP contribution in [0.3, 0.4) is 0 Å². The largest absolute Gasteiger partial charge is 0.444 e. The van der Waals surface area contributed by atoms with Crippen LogP contribution >= 0.6 is 0 Å². The lowest BCUT2D eigenvalue weighted by atomic mass is 9.89. The lowest BCUT2D eigenvalue weighted by Gasteiger charge is -2.37. The SMILES string of the molecule is CC[C@@H](c1cc2nc(N3CC[C@H](NC(=O)OC(C)(C)C)C3)c(C)cn2n1)N(C)C(=O)C1(NC(=O)CS(C)(=O)=O)CCc2ccccc21. The topological polar surface area (TPSA) is 155 Å². The summed E-state index contributed by atoms with van der Waals surface area (Å²) in [6.45, 7) is 10.7. The molecule has 5 rings (SSSR count). The third-order valence-electron chi connectivity index (χ3n) is 8.71. The second-order valence-corrected chi connectivity index (χ2v) is 15.9. The van der Waals surface area contributed by atoms with Gasteiger partial charge in [0.15, 0.2) is 15.5 Å². The zero-order valence-corrected chi connectivity index (χ0v) is 29.0. The van der Waals surface area contributed by atoms with Crippen molar-refractivity contribution in [2.24, 2.45) is 0 Å². The molecule has 254 valence electrons. The van der Waals surface area contributed by atoms with Gasteiger partial charge in [0.05, 0.1) is 17.8 Å². The minimum atomic E-state index is -3.61. The molecule has 3 amide bonds. The van der Waals surface area contributed by atoms with Gasteiger partial charge in [0.1, 0.15) is 22.7 Å². The van der Waals surface area contributed by atoms with Crippen molar-refractivity contribution in [3.05, 3.63) is 58.9 Å². The van der Waals surface area contributed by atoms with Crippen molar-refractivity contribution in [3.63, 3.8) is 0 Å². The number of alkyl carbamates (subject to hydrolysis) is 1. The summed E-state index contributed by atoms with van der Waals surface area (Å²) in [5, 5.41) is 10.6. The Morgan fingerprint density at radius 1 is 1.21 bits per heavy atom. The molecule has 1 aliphatic heterocycles. The van der Waals surface area contributed by atoms with Gasteiger partial charge in [-0.3, -0.25) is 9.59 Å². The number of aromatic nitrogens is 3. The Bertz CT molecular complexity index is 1800. The molecule has 1 aromatic carbocycles. The number of amides is 3. The van der Waals surface area contributed by atoms with E-state index in [4.69, 9.17) is 14.8 Å². The Morgan fingerprint density at radius 2 is 1.94 bits per heavy atom. The van der Waals surface area contributed by atoms with Crippen LogP contribution in [-0.4, -0.2) is 89.6 Å². The van der Waals surface area contributed by atoms with Crippen molar-refractivity contribution >= 4 is 39.2 Å². The Kier molecular flexibility index (Phi) is 9.28. The van der Waals surface area contributed by atoms with Crippen molar-refractivity contribution in [1.29, 1.82) is 0 Å². The fourth-order valence-corrected chi connectivity index (χ4v) is 7.25.